The largest absolute Gasteiger partial charge is 0.489 e. The topological polar surface area (TPSA) is 42.5 Å². The summed E-state index contributed by atoms with van der Waals surface area (Å²) >= 11 is 0. The molecule has 1 unspecified atom stereocenters. The van der Waals surface area contributed by atoms with Gasteiger partial charge in [-0.15, -0.1) is 0 Å². The number of hydrogen-bond acceptors (Lipinski definition) is 4. The molecule has 1 fully saturated rings. The summed E-state index contributed by atoms with van der Waals surface area (Å²) in [6, 6.07) is 31.4. The summed E-state index contributed by atoms with van der Waals surface area (Å²) in [4.78, 5) is 0. The fourth-order valence-corrected chi connectivity index (χ4v) is 4.42. The van der Waals surface area contributed by atoms with E-state index in [0.717, 1.165) is 36.1 Å². The van der Waals surface area contributed by atoms with Crippen LogP contribution >= 0.6 is 0 Å². The summed E-state index contributed by atoms with van der Waals surface area (Å²) in [6.45, 7) is 1.52. The van der Waals surface area contributed by atoms with Crippen molar-refractivity contribution in [2.24, 2.45) is 5.92 Å². The molecule has 0 aromatic heterocycles. The van der Waals surface area contributed by atoms with Gasteiger partial charge in [0.25, 0.3) is 0 Å². The van der Waals surface area contributed by atoms with Crippen LogP contribution in [0.25, 0.3) is 0 Å². The zero-order valence-electron chi connectivity index (χ0n) is 21.5. The Bertz CT molecular complexity index is 1340. The summed E-state index contributed by atoms with van der Waals surface area (Å²) < 4.78 is 51.7. The monoisotopic (exact) mass is 532 g/mol. The summed E-state index contributed by atoms with van der Waals surface area (Å²) in [5.41, 5.74) is 3.56. The Morgan fingerprint density at radius 3 is 2.05 bits per heavy atom. The van der Waals surface area contributed by atoms with Crippen LogP contribution in [0.4, 0.5) is 18.9 Å². The van der Waals surface area contributed by atoms with Crippen molar-refractivity contribution in [1.82, 2.24) is 5.32 Å². The Morgan fingerprint density at radius 2 is 1.41 bits per heavy atom. The number of rotatable bonds is 12. The normalized spacial score (nSPS) is 14.0. The van der Waals surface area contributed by atoms with E-state index < -0.39 is 12.3 Å². The molecule has 2 N–H and O–H groups in total. The van der Waals surface area contributed by atoms with E-state index in [1.54, 1.807) is 11.4 Å². The third-order valence-corrected chi connectivity index (χ3v) is 6.59. The standard InChI is InChI=1S/C32H31F3N2O2/c33-32(34,35)37-27-13-7-12-26(18-27)31(36-20-23-14-15-23)29-19-28(38-21-24-8-3-1-4-9-24)16-17-30(29)39-22-25-10-5-2-6-11-25/h1-13,16-19,23,31,36-37H,14-15,20-22H2. The zero-order chi connectivity index (χ0) is 27.1. The van der Waals surface area contributed by atoms with E-state index in [1.165, 1.54) is 12.1 Å². The van der Waals surface area contributed by atoms with Crippen LogP contribution in [-0.4, -0.2) is 12.8 Å². The Hall–Kier alpha value is -3.97. The zero-order valence-corrected chi connectivity index (χ0v) is 21.5. The number of benzene rings is 4. The third-order valence-electron chi connectivity index (χ3n) is 6.59. The average molecular weight is 533 g/mol. The Balaban J connectivity index is 1.48. The fourth-order valence-electron chi connectivity index (χ4n) is 4.42. The molecular weight excluding hydrogens is 501 g/mol. The number of halogens is 3. The number of alkyl halides is 3. The highest BCUT2D eigenvalue weighted by Gasteiger charge is 2.29. The highest BCUT2D eigenvalue weighted by molar-refractivity contribution is 5.52. The fraction of sp³-hybridized carbons (Fsp3) is 0.250. The second kappa shape index (κ2) is 12.3. The van der Waals surface area contributed by atoms with Gasteiger partial charge in [-0.1, -0.05) is 72.8 Å². The minimum absolute atomic E-state index is 0.0125. The minimum Gasteiger partial charge on any atom is -0.489 e. The first-order chi connectivity index (χ1) is 18.9. The number of hydrogen-bond donors (Lipinski definition) is 2. The Labute approximate surface area is 226 Å². The van der Waals surface area contributed by atoms with Crippen LogP contribution in [-0.2, 0) is 13.2 Å². The van der Waals surface area contributed by atoms with E-state index in [0.29, 0.717) is 36.2 Å². The van der Waals surface area contributed by atoms with Gasteiger partial charge >= 0.3 is 6.30 Å². The summed E-state index contributed by atoms with van der Waals surface area (Å²) in [5, 5.41) is 5.23. The maximum absolute atomic E-state index is 13.1. The summed E-state index contributed by atoms with van der Waals surface area (Å²) in [6.07, 6.45) is -2.23. The van der Waals surface area contributed by atoms with Crippen LogP contribution in [0.1, 0.15) is 41.1 Å². The van der Waals surface area contributed by atoms with Crippen LogP contribution in [0, 0.1) is 5.92 Å². The smallest absolute Gasteiger partial charge is 0.482 e. The molecule has 1 aliphatic rings. The van der Waals surface area contributed by atoms with Crippen LogP contribution in [0.15, 0.2) is 103 Å². The molecule has 0 spiro atoms. The van der Waals surface area contributed by atoms with E-state index in [4.69, 9.17) is 9.47 Å². The van der Waals surface area contributed by atoms with Gasteiger partial charge in [-0.05, 0) is 72.3 Å². The van der Waals surface area contributed by atoms with Crippen molar-refractivity contribution >= 4 is 5.69 Å². The lowest BCUT2D eigenvalue weighted by molar-refractivity contribution is -0.0999. The van der Waals surface area contributed by atoms with Gasteiger partial charge in [0.2, 0.25) is 0 Å². The average Bonchev–Trinajstić information content (AvgIpc) is 3.76. The predicted octanol–water partition coefficient (Wildman–Crippen LogP) is 7.87. The maximum Gasteiger partial charge on any atom is 0.482 e. The van der Waals surface area contributed by atoms with Gasteiger partial charge in [-0.2, -0.15) is 13.2 Å². The maximum atomic E-state index is 13.1. The Morgan fingerprint density at radius 1 is 0.744 bits per heavy atom. The van der Waals surface area contributed by atoms with Gasteiger partial charge < -0.3 is 14.8 Å². The van der Waals surface area contributed by atoms with Gasteiger partial charge in [-0.25, -0.2) is 0 Å². The second-order valence-corrected chi connectivity index (χ2v) is 9.78. The first kappa shape index (κ1) is 26.6. The van der Waals surface area contributed by atoms with Gasteiger partial charge in [0.1, 0.15) is 24.7 Å². The first-order valence-corrected chi connectivity index (χ1v) is 13.1. The van der Waals surface area contributed by atoms with E-state index in [9.17, 15) is 13.2 Å². The number of ether oxygens (including phenoxy) is 2. The lowest BCUT2D eigenvalue weighted by atomic mass is 9.96. The molecule has 1 aliphatic carbocycles. The van der Waals surface area contributed by atoms with E-state index in [1.807, 2.05) is 84.9 Å². The van der Waals surface area contributed by atoms with Crippen LogP contribution in [0.3, 0.4) is 0 Å². The molecule has 5 rings (SSSR count). The molecule has 4 aromatic rings. The molecule has 4 aromatic carbocycles. The molecule has 0 bridgehead atoms. The lowest BCUT2D eigenvalue weighted by Gasteiger charge is -2.24. The summed E-state index contributed by atoms with van der Waals surface area (Å²) in [5.74, 6) is 1.87. The SMILES string of the molecule is FC(F)(F)Nc1cccc(C(NCC2CC2)c2cc(OCc3ccccc3)ccc2OCc2ccccc2)c1. The highest BCUT2D eigenvalue weighted by atomic mass is 19.4. The molecular formula is C32H31F3N2O2. The molecule has 1 atom stereocenters. The first-order valence-electron chi connectivity index (χ1n) is 13.1. The molecule has 202 valence electrons. The van der Waals surface area contributed by atoms with E-state index >= 15 is 0 Å². The van der Waals surface area contributed by atoms with Crippen molar-refractivity contribution in [2.45, 2.75) is 38.4 Å². The molecule has 1 saturated carbocycles. The van der Waals surface area contributed by atoms with Crippen molar-refractivity contribution in [2.75, 3.05) is 11.9 Å². The van der Waals surface area contributed by atoms with E-state index in [-0.39, 0.29) is 5.69 Å². The molecule has 0 amide bonds. The molecule has 0 heterocycles. The van der Waals surface area contributed by atoms with Crippen LogP contribution < -0.4 is 20.1 Å². The lowest BCUT2D eigenvalue weighted by Crippen LogP contribution is -2.26. The predicted molar refractivity (Wildman–Crippen MR) is 147 cm³/mol. The van der Waals surface area contributed by atoms with Crippen molar-refractivity contribution in [3.63, 3.8) is 0 Å². The molecule has 39 heavy (non-hydrogen) atoms. The quantitative estimate of drug-likeness (QED) is 0.182. The van der Waals surface area contributed by atoms with Gasteiger partial charge in [0, 0.05) is 11.3 Å². The molecule has 0 aliphatic heterocycles. The van der Waals surface area contributed by atoms with E-state index in [2.05, 4.69) is 5.32 Å². The third kappa shape index (κ3) is 8.01. The summed E-state index contributed by atoms with van der Waals surface area (Å²) in [7, 11) is 0. The molecule has 0 saturated heterocycles. The second-order valence-electron chi connectivity index (χ2n) is 9.78. The van der Waals surface area contributed by atoms with Crippen LogP contribution in [0.2, 0.25) is 0 Å². The van der Waals surface area contributed by atoms with Gasteiger partial charge in [-0.3, -0.25) is 5.32 Å². The number of anilines is 1. The van der Waals surface area contributed by atoms with Gasteiger partial charge in [0.05, 0.1) is 6.04 Å². The highest BCUT2D eigenvalue weighted by Crippen LogP contribution is 2.37. The minimum atomic E-state index is -4.52. The van der Waals surface area contributed by atoms with Crippen molar-refractivity contribution in [3.05, 3.63) is 125 Å². The Kier molecular flexibility index (Phi) is 8.37. The molecule has 0 radical (unpaired) electrons. The van der Waals surface area contributed by atoms with Crippen LogP contribution in [0.5, 0.6) is 11.5 Å². The van der Waals surface area contributed by atoms with Crippen molar-refractivity contribution in [3.8, 4) is 11.5 Å². The number of nitrogens with one attached hydrogen (secondary N) is 2. The molecule has 4 nitrogen and oxygen atoms in total. The van der Waals surface area contributed by atoms with Gasteiger partial charge in [0.15, 0.2) is 0 Å². The van der Waals surface area contributed by atoms with Crippen molar-refractivity contribution < 1.29 is 22.6 Å². The van der Waals surface area contributed by atoms with Crippen molar-refractivity contribution in [1.29, 1.82) is 0 Å². The molecule has 7 heteroatoms.